The molecule has 0 aliphatic heterocycles. The summed E-state index contributed by atoms with van der Waals surface area (Å²) >= 11 is 9.14. The Morgan fingerprint density at radius 1 is 1.12 bits per heavy atom. The second-order valence-corrected chi connectivity index (χ2v) is 6.70. The van der Waals surface area contributed by atoms with Crippen LogP contribution >= 0.6 is 27.5 Å². The normalized spacial score (nSPS) is 11.2. The van der Waals surface area contributed by atoms with Crippen molar-refractivity contribution in [1.82, 2.24) is 5.32 Å². The molecule has 0 fully saturated rings. The summed E-state index contributed by atoms with van der Waals surface area (Å²) in [6, 6.07) is 8.93. The van der Waals surface area contributed by atoms with Crippen LogP contribution in [-0.2, 0) is 0 Å². The highest BCUT2D eigenvalue weighted by Gasteiger charge is 2.28. The molecule has 2 rings (SSSR count). The van der Waals surface area contributed by atoms with E-state index in [1.807, 2.05) is 0 Å². The molecule has 0 heterocycles. The van der Waals surface area contributed by atoms with Gasteiger partial charge in [-0.3, -0.25) is 9.59 Å². The summed E-state index contributed by atoms with van der Waals surface area (Å²) in [4.78, 5) is 24.3. The number of benzene rings is 2. The van der Waals surface area contributed by atoms with E-state index >= 15 is 0 Å². The number of halogens is 5. The molecule has 0 unspecified atom stereocenters. The largest absolute Gasteiger partial charge is 0.405 e. The van der Waals surface area contributed by atoms with E-state index in [9.17, 15) is 22.8 Å². The van der Waals surface area contributed by atoms with Gasteiger partial charge in [0.2, 0.25) is 0 Å². The van der Waals surface area contributed by atoms with E-state index < -0.39 is 24.5 Å². The van der Waals surface area contributed by atoms with Crippen molar-refractivity contribution in [2.45, 2.75) is 13.1 Å². The molecule has 2 aromatic rings. The predicted molar refractivity (Wildman–Crippen MR) is 96.7 cm³/mol. The lowest BCUT2D eigenvalue weighted by atomic mass is 10.1. The van der Waals surface area contributed by atoms with Crippen LogP contribution in [-0.4, -0.2) is 24.5 Å². The molecule has 26 heavy (non-hydrogen) atoms. The van der Waals surface area contributed by atoms with Gasteiger partial charge in [-0.05, 0) is 58.7 Å². The average molecular weight is 450 g/mol. The van der Waals surface area contributed by atoms with Crippen molar-refractivity contribution in [1.29, 1.82) is 0 Å². The Labute approximate surface area is 160 Å². The van der Waals surface area contributed by atoms with Crippen molar-refractivity contribution in [3.63, 3.8) is 0 Å². The van der Waals surface area contributed by atoms with Gasteiger partial charge in [-0.2, -0.15) is 13.2 Å². The summed E-state index contributed by atoms with van der Waals surface area (Å²) in [5, 5.41) is 4.79. The van der Waals surface area contributed by atoms with Gasteiger partial charge in [-0.1, -0.05) is 17.7 Å². The first kappa shape index (κ1) is 20.3. The SMILES string of the molecule is Cc1ccc(C(=O)NCC(F)(F)F)cc1NC(=O)c1cc(Cl)ccc1Br. The number of hydrogen-bond donors (Lipinski definition) is 2. The maximum absolute atomic E-state index is 12.4. The topological polar surface area (TPSA) is 58.2 Å². The molecular formula is C17H13BrClF3N2O2. The van der Waals surface area contributed by atoms with Crippen molar-refractivity contribution in [3.05, 3.63) is 62.6 Å². The second kappa shape index (κ2) is 8.09. The molecule has 138 valence electrons. The zero-order valence-electron chi connectivity index (χ0n) is 13.4. The third-order valence-electron chi connectivity index (χ3n) is 3.37. The number of amides is 2. The molecule has 0 saturated heterocycles. The fraction of sp³-hybridized carbons (Fsp3) is 0.176. The van der Waals surface area contributed by atoms with Crippen LogP contribution < -0.4 is 10.6 Å². The fourth-order valence-electron chi connectivity index (χ4n) is 2.04. The third kappa shape index (κ3) is 5.47. The van der Waals surface area contributed by atoms with Crippen LogP contribution in [0.1, 0.15) is 26.3 Å². The lowest BCUT2D eigenvalue weighted by molar-refractivity contribution is -0.123. The highest BCUT2D eigenvalue weighted by atomic mass is 79.9. The highest BCUT2D eigenvalue weighted by molar-refractivity contribution is 9.10. The number of aryl methyl sites for hydroxylation is 1. The van der Waals surface area contributed by atoms with E-state index in [-0.39, 0.29) is 11.1 Å². The van der Waals surface area contributed by atoms with Crippen LogP contribution in [0.4, 0.5) is 18.9 Å². The zero-order chi connectivity index (χ0) is 19.5. The van der Waals surface area contributed by atoms with Crippen molar-refractivity contribution >= 4 is 45.0 Å². The number of rotatable bonds is 4. The maximum Gasteiger partial charge on any atom is 0.405 e. The number of hydrogen-bond acceptors (Lipinski definition) is 2. The number of carbonyl (C=O) groups excluding carboxylic acids is 2. The van der Waals surface area contributed by atoms with Crippen LogP contribution in [0.3, 0.4) is 0 Å². The summed E-state index contributed by atoms with van der Waals surface area (Å²) in [6.45, 7) is 0.261. The number of anilines is 1. The van der Waals surface area contributed by atoms with Gasteiger partial charge >= 0.3 is 6.18 Å². The monoisotopic (exact) mass is 448 g/mol. The van der Waals surface area contributed by atoms with Crippen molar-refractivity contribution in [2.24, 2.45) is 0 Å². The molecule has 2 amide bonds. The van der Waals surface area contributed by atoms with E-state index in [1.54, 1.807) is 24.4 Å². The molecular weight excluding hydrogens is 437 g/mol. The van der Waals surface area contributed by atoms with Gasteiger partial charge in [-0.15, -0.1) is 0 Å². The summed E-state index contributed by atoms with van der Waals surface area (Å²) < 4.78 is 37.2. The molecule has 2 aromatic carbocycles. The first-order valence-corrected chi connectivity index (χ1v) is 8.46. The smallest absolute Gasteiger partial charge is 0.343 e. The van der Waals surface area contributed by atoms with Gasteiger partial charge < -0.3 is 10.6 Å². The van der Waals surface area contributed by atoms with Crippen LogP contribution in [0, 0.1) is 6.92 Å². The highest BCUT2D eigenvalue weighted by Crippen LogP contribution is 2.24. The maximum atomic E-state index is 12.4. The summed E-state index contributed by atoms with van der Waals surface area (Å²) in [6.07, 6.45) is -4.50. The molecule has 0 aromatic heterocycles. The Morgan fingerprint density at radius 3 is 2.46 bits per heavy atom. The molecule has 0 bridgehead atoms. The van der Waals surface area contributed by atoms with Crippen molar-refractivity contribution < 1.29 is 22.8 Å². The third-order valence-corrected chi connectivity index (χ3v) is 4.30. The molecule has 9 heteroatoms. The van der Waals surface area contributed by atoms with Gasteiger partial charge in [0.25, 0.3) is 11.8 Å². The van der Waals surface area contributed by atoms with E-state index in [4.69, 9.17) is 11.6 Å². The quantitative estimate of drug-likeness (QED) is 0.693. The van der Waals surface area contributed by atoms with Crippen LogP contribution in [0.5, 0.6) is 0 Å². The van der Waals surface area contributed by atoms with Crippen LogP contribution in [0.15, 0.2) is 40.9 Å². The van der Waals surface area contributed by atoms with Crippen LogP contribution in [0.25, 0.3) is 0 Å². The van der Waals surface area contributed by atoms with Crippen molar-refractivity contribution in [3.8, 4) is 0 Å². The number of carbonyl (C=O) groups is 2. The number of alkyl halides is 3. The molecule has 0 spiro atoms. The van der Waals surface area contributed by atoms with Gasteiger partial charge in [0.15, 0.2) is 0 Å². The zero-order valence-corrected chi connectivity index (χ0v) is 15.7. The minimum absolute atomic E-state index is 0.000287. The van der Waals surface area contributed by atoms with E-state index in [0.29, 0.717) is 20.7 Å². The van der Waals surface area contributed by atoms with Crippen LogP contribution in [0.2, 0.25) is 5.02 Å². The molecule has 4 nitrogen and oxygen atoms in total. The first-order valence-electron chi connectivity index (χ1n) is 7.29. The number of nitrogens with one attached hydrogen (secondary N) is 2. The molecule has 2 N–H and O–H groups in total. The average Bonchev–Trinajstić information content (AvgIpc) is 2.56. The molecule has 0 atom stereocenters. The van der Waals surface area contributed by atoms with E-state index in [0.717, 1.165) is 0 Å². The summed E-state index contributed by atoms with van der Waals surface area (Å²) in [7, 11) is 0. The lowest BCUT2D eigenvalue weighted by Crippen LogP contribution is -2.33. The van der Waals surface area contributed by atoms with Gasteiger partial charge in [0.05, 0.1) is 5.56 Å². The molecule has 0 aliphatic carbocycles. The van der Waals surface area contributed by atoms with Gasteiger partial charge in [-0.25, -0.2) is 0 Å². The first-order chi connectivity index (χ1) is 12.1. The molecule has 0 saturated carbocycles. The van der Waals surface area contributed by atoms with E-state index in [1.165, 1.54) is 24.3 Å². The van der Waals surface area contributed by atoms with E-state index in [2.05, 4.69) is 21.2 Å². The minimum Gasteiger partial charge on any atom is -0.343 e. The molecule has 0 aliphatic rings. The van der Waals surface area contributed by atoms with Gasteiger partial charge in [0, 0.05) is 20.7 Å². The Bertz CT molecular complexity index is 856. The Balaban J connectivity index is 2.20. The Hall–Kier alpha value is -2.06. The Kier molecular flexibility index (Phi) is 6.30. The summed E-state index contributed by atoms with van der Waals surface area (Å²) in [5.41, 5.74) is 1.23. The minimum atomic E-state index is -4.50. The standard InChI is InChI=1S/C17H13BrClF3N2O2/c1-9-2-3-10(15(25)23-8-17(20,21)22)6-14(9)24-16(26)12-7-11(19)4-5-13(12)18/h2-7H,8H2,1H3,(H,23,25)(H,24,26). The summed E-state index contributed by atoms with van der Waals surface area (Å²) in [5.74, 6) is -1.36. The van der Waals surface area contributed by atoms with Gasteiger partial charge in [0.1, 0.15) is 6.54 Å². The van der Waals surface area contributed by atoms with Crippen molar-refractivity contribution in [2.75, 3.05) is 11.9 Å². The Morgan fingerprint density at radius 2 is 1.81 bits per heavy atom. The predicted octanol–water partition coefficient (Wildman–Crippen LogP) is 4.96. The lowest BCUT2D eigenvalue weighted by Gasteiger charge is -2.12. The molecule has 0 radical (unpaired) electrons. The second-order valence-electron chi connectivity index (χ2n) is 5.41. The fourth-order valence-corrected chi connectivity index (χ4v) is 2.64.